The van der Waals surface area contributed by atoms with E-state index in [1.54, 1.807) is 14.0 Å². The van der Waals surface area contributed by atoms with Crippen molar-refractivity contribution in [3.63, 3.8) is 0 Å². The fourth-order valence-corrected chi connectivity index (χ4v) is 3.67. The van der Waals surface area contributed by atoms with E-state index in [4.69, 9.17) is 5.14 Å². The average Bonchev–Trinajstić information content (AvgIpc) is 3.23. The van der Waals surface area contributed by atoms with Gasteiger partial charge in [0.15, 0.2) is 0 Å². The lowest BCUT2D eigenvalue weighted by atomic mass is 10.0. The monoisotopic (exact) mass is 414 g/mol. The fourth-order valence-electron chi connectivity index (χ4n) is 2.69. The van der Waals surface area contributed by atoms with Crippen LogP contribution in [-0.4, -0.2) is 44.8 Å². The number of halogens is 3. The number of hydrogen-bond donors (Lipinski definition) is 2. The minimum atomic E-state index is -4.98. The highest BCUT2D eigenvalue weighted by Gasteiger charge is 2.40. The highest BCUT2D eigenvalue weighted by Crippen LogP contribution is 2.43. The van der Waals surface area contributed by atoms with Crippen LogP contribution in [0, 0.1) is 0 Å². The zero-order chi connectivity index (χ0) is 20.7. The number of sulfonamides is 1. The van der Waals surface area contributed by atoms with Crippen molar-refractivity contribution < 1.29 is 21.6 Å². The van der Waals surface area contributed by atoms with Crippen LogP contribution in [0.25, 0.3) is 22.6 Å². The number of alkyl halides is 3. The Morgan fingerprint density at radius 3 is 2.57 bits per heavy atom. The van der Waals surface area contributed by atoms with Crippen molar-refractivity contribution in [2.45, 2.75) is 18.0 Å². The van der Waals surface area contributed by atoms with Gasteiger partial charge < -0.3 is 4.57 Å². The summed E-state index contributed by atoms with van der Waals surface area (Å²) in [7, 11) is -3.25. The van der Waals surface area contributed by atoms with Gasteiger partial charge in [0, 0.05) is 18.8 Å². The molecule has 0 unspecified atom stereocenters. The Balaban J connectivity index is 2.46. The van der Waals surface area contributed by atoms with Gasteiger partial charge in [-0.05, 0) is 18.2 Å². The number of aromatic amines is 1. The molecule has 3 aromatic rings. The number of benzene rings is 1. The first-order valence-electron chi connectivity index (χ1n) is 7.57. The Morgan fingerprint density at radius 2 is 2.04 bits per heavy atom. The van der Waals surface area contributed by atoms with Crippen molar-refractivity contribution in [3.05, 3.63) is 23.9 Å². The lowest BCUT2D eigenvalue weighted by Crippen LogP contribution is -2.21. The normalized spacial score (nSPS) is 12.8. The molecule has 2 aromatic heterocycles. The van der Waals surface area contributed by atoms with Crippen LogP contribution in [-0.2, 0) is 23.2 Å². The minimum Gasteiger partial charge on any atom is -0.312 e. The van der Waals surface area contributed by atoms with E-state index in [0.29, 0.717) is 6.07 Å². The van der Waals surface area contributed by atoms with Crippen LogP contribution in [0.5, 0.6) is 0 Å². The van der Waals surface area contributed by atoms with Gasteiger partial charge in [-0.25, -0.2) is 23.5 Å². The van der Waals surface area contributed by atoms with E-state index >= 15 is 0 Å². The summed E-state index contributed by atoms with van der Waals surface area (Å²) in [4.78, 5) is 6.94. The number of aromatic nitrogens is 6. The molecular weight excluding hydrogens is 401 g/mol. The molecule has 0 saturated carbocycles. The molecule has 0 atom stereocenters. The van der Waals surface area contributed by atoms with Gasteiger partial charge in [0.05, 0.1) is 23.0 Å². The zero-order valence-corrected chi connectivity index (χ0v) is 15.2. The number of hydrogen-bond acceptors (Lipinski definition) is 7. The van der Waals surface area contributed by atoms with Crippen molar-refractivity contribution in [2.24, 2.45) is 17.2 Å². The second-order valence-electron chi connectivity index (χ2n) is 5.53. The summed E-state index contributed by atoms with van der Waals surface area (Å²) < 4.78 is 66.2. The molecule has 0 bridgehead atoms. The van der Waals surface area contributed by atoms with Crippen molar-refractivity contribution in [1.29, 1.82) is 0 Å². The minimum absolute atomic E-state index is 0.0611. The molecule has 1 aromatic carbocycles. The first-order chi connectivity index (χ1) is 13.1. The molecule has 0 fully saturated rings. The second kappa shape index (κ2) is 6.79. The summed E-state index contributed by atoms with van der Waals surface area (Å²) in [6.07, 6.45) is -2.17. The number of rotatable bonds is 4. The number of aliphatic imine (C=N–C) groups is 1. The summed E-state index contributed by atoms with van der Waals surface area (Å²) in [5, 5.41) is 17.8. The van der Waals surface area contributed by atoms with E-state index < -0.39 is 32.2 Å². The van der Waals surface area contributed by atoms with Crippen LogP contribution < -0.4 is 5.14 Å². The van der Waals surface area contributed by atoms with E-state index in [-0.39, 0.29) is 23.0 Å². The molecular formula is C14H13F3N8O2S. The predicted molar refractivity (Wildman–Crippen MR) is 92.0 cm³/mol. The van der Waals surface area contributed by atoms with Crippen LogP contribution in [0.3, 0.4) is 0 Å². The van der Waals surface area contributed by atoms with Gasteiger partial charge in [-0.1, -0.05) is 6.07 Å². The number of nitrogens with two attached hydrogens (primary N) is 1. The molecule has 0 aliphatic carbocycles. The summed E-state index contributed by atoms with van der Waals surface area (Å²) in [5.41, 5.74) is -1.54. The maximum atomic E-state index is 13.5. The van der Waals surface area contributed by atoms with Gasteiger partial charge in [0.2, 0.25) is 21.8 Å². The molecule has 10 nitrogen and oxygen atoms in total. The van der Waals surface area contributed by atoms with Crippen molar-refractivity contribution in [3.8, 4) is 22.6 Å². The second-order valence-corrected chi connectivity index (χ2v) is 7.03. The Bertz CT molecular complexity index is 1150. The number of primary sulfonamides is 1. The standard InChI is InChI=1S/C14H13F3N8O2S/c1-3-19-13-20-6-9(25(13)2)7-4-5-8(14(15,16)17)11(28(18,26)27)10(7)12-21-23-24-22-12/h3-6H,1-2H3,(H2,18,26,27)(H,21,22,23,24). The summed E-state index contributed by atoms with van der Waals surface area (Å²) in [5.74, 6) is -0.111. The third-order valence-corrected chi connectivity index (χ3v) is 4.79. The fraction of sp³-hybridized carbons (Fsp3) is 0.214. The zero-order valence-electron chi connectivity index (χ0n) is 14.4. The first-order valence-corrected chi connectivity index (χ1v) is 9.12. The van der Waals surface area contributed by atoms with Gasteiger partial charge in [-0.15, -0.1) is 10.2 Å². The molecule has 0 saturated heterocycles. The van der Waals surface area contributed by atoms with E-state index in [2.05, 4.69) is 30.6 Å². The van der Waals surface area contributed by atoms with Crippen LogP contribution in [0.15, 0.2) is 28.2 Å². The Hall–Kier alpha value is -3.13. The number of nitrogens with zero attached hydrogens (tertiary/aromatic N) is 6. The van der Waals surface area contributed by atoms with Gasteiger partial charge >= 0.3 is 6.18 Å². The van der Waals surface area contributed by atoms with Gasteiger partial charge in [-0.2, -0.15) is 18.4 Å². The van der Waals surface area contributed by atoms with Crippen molar-refractivity contribution in [1.82, 2.24) is 30.2 Å². The first kappa shape index (κ1) is 19.6. The molecule has 2 heterocycles. The summed E-state index contributed by atoms with van der Waals surface area (Å²) >= 11 is 0. The number of tetrazole rings is 1. The lowest BCUT2D eigenvalue weighted by Gasteiger charge is -2.17. The topological polar surface area (TPSA) is 145 Å². The molecule has 0 aliphatic rings. The summed E-state index contributed by atoms with van der Waals surface area (Å²) in [6.45, 7) is 1.66. The molecule has 3 N–H and O–H groups in total. The third-order valence-electron chi connectivity index (χ3n) is 3.80. The Morgan fingerprint density at radius 1 is 1.32 bits per heavy atom. The number of H-pyrrole nitrogens is 1. The van der Waals surface area contributed by atoms with E-state index in [0.717, 1.165) is 6.07 Å². The number of nitrogens with one attached hydrogen (secondary N) is 1. The highest BCUT2D eigenvalue weighted by molar-refractivity contribution is 7.89. The summed E-state index contributed by atoms with van der Waals surface area (Å²) in [6, 6.07) is 1.73. The van der Waals surface area contributed by atoms with Crippen LogP contribution in [0.1, 0.15) is 12.5 Å². The van der Waals surface area contributed by atoms with Gasteiger partial charge in [0.25, 0.3) is 0 Å². The third kappa shape index (κ3) is 3.38. The quantitative estimate of drug-likeness (QED) is 0.621. The number of imidazole rings is 1. The molecule has 148 valence electrons. The molecule has 0 aliphatic heterocycles. The molecule has 3 rings (SSSR count). The largest absolute Gasteiger partial charge is 0.417 e. The van der Waals surface area contributed by atoms with Crippen molar-refractivity contribution >= 4 is 22.2 Å². The van der Waals surface area contributed by atoms with Gasteiger partial charge in [0.1, 0.15) is 4.90 Å². The highest BCUT2D eigenvalue weighted by atomic mass is 32.2. The van der Waals surface area contributed by atoms with E-state index in [9.17, 15) is 21.6 Å². The predicted octanol–water partition coefficient (Wildman–Crippen LogP) is 1.66. The Kier molecular flexibility index (Phi) is 4.76. The van der Waals surface area contributed by atoms with Crippen molar-refractivity contribution in [2.75, 3.05) is 0 Å². The molecule has 28 heavy (non-hydrogen) atoms. The maximum absolute atomic E-state index is 13.5. The van der Waals surface area contributed by atoms with Crippen LogP contribution in [0.2, 0.25) is 0 Å². The van der Waals surface area contributed by atoms with Crippen LogP contribution >= 0.6 is 0 Å². The molecule has 0 radical (unpaired) electrons. The maximum Gasteiger partial charge on any atom is 0.417 e. The van der Waals surface area contributed by atoms with Crippen LogP contribution in [0.4, 0.5) is 19.1 Å². The molecule has 14 heteroatoms. The van der Waals surface area contributed by atoms with E-state index in [1.165, 1.54) is 17.0 Å². The average molecular weight is 414 g/mol. The van der Waals surface area contributed by atoms with Gasteiger partial charge in [-0.3, -0.25) is 0 Å². The lowest BCUT2D eigenvalue weighted by molar-refractivity contribution is -0.139. The smallest absolute Gasteiger partial charge is 0.312 e. The SMILES string of the molecule is CC=Nc1ncc(-c2ccc(C(F)(F)F)c(S(N)(=O)=O)c2-c2nn[nH]n2)n1C. The molecule has 0 spiro atoms. The van der Waals surface area contributed by atoms with E-state index in [1.807, 2.05) is 0 Å². The molecule has 0 amide bonds. The Labute approximate surface area is 156 Å².